The van der Waals surface area contributed by atoms with Gasteiger partial charge in [-0.15, -0.1) is 21.0 Å². The Morgan fingerprint density at radius 2 is 0.256 bits per heavy atom. The smallest absolute Gasteiger partial charge is 0.418 e. The van der Waals surface area contributed by atoms with E-state index in [1.807, 2.05) is 24.3 Å². The van der Waals surface area contributed by atoms with Crippen molar-refractivity contribution >= 4 is 43.5 Å². The number of halogens is 24. The second-order valence-electron chi connectivity index (χ2n) is 3.97. The van der Waals surface area contributed by atoms with Gasteiger partial charge in [0.2, 0.25) is 0 Å². The summed E-state index contributed by atoms with van der Waals surface area (Å²) in [5.74, 6) is 0. The number of hydrogen-bond acceptors (Lipinski definition) is 0. The van der Waals surface area contributed by atoms with Crippen molar-refractivity contribution in [2.24, 2.45) is 0 Å². The molecule has 0 aromatic heterocycles. The molecule has 0 fully saturated rings. The molecule has 0 atom stereocenters. The molecule has 43 heavy (non-hydrogen) atoms. The van der Waals surface area contributed by atoms with Gasteiger partial charge in [0.25, 0.3) is 24.3 Å². The summed E-state index contributed by atoms with van der Waals surface area (Å²) in [6.45, 7) is 6.17. The third kappa shape index (κ3) is 7700. The molecule has 0 saturated heterocycles. The van der Waals surface area contributed by atoms with Crippen molar-refractivity contribution < 1.29 is 145 Å². The summed E-state index contributed by atoms with van der Waals surface area (Å²) in [6.07, 6.45) is 0. The van der Waals surface area contributed by atoms with Crippen LogP contribution in [0, 0.1) is 24.3 Å². The van der Waals surface area contributed by atoms with Gasteiger partial charge in [0, 0.05) is 0 Å². The van der Waals surface area contributed by atoms with Gasteiger partial charge < -0.3 is 104 Å². The Morgan fingerprint density at radius 1 is 0.256 bits per heavy atom. The Labute approximate surface area is 241 Å². The molecule has 35 heteroatoms. The molecule has 4 N–H and O–H groups in total. The Balaban J connectivity index is -0.0000000296. The van der Waals surface area contributed by atoms with Crippen LogP contribution in [0.4, 0.5) is 104 Å². The third-order valence-electron chi connectivity index (χ3n) is 0. The zero-order chi connectivity index (χ0) is 37.8. The van der Waals surface area contributed by atoms with Crippen molar-refractivity contribution in [3.05, 3.63) is 0 Å². The molecule has 0 aromatic rings. The molecular weight excluding hydrogens is 779 g/mol. The Bertz CT molecular complexity index is 512. The summed E-state index contributed by atoms with van der Waals surface area (Å²) in [5, 5.41) is 23.8. The molecule has 0 spiro atoms. The van der Waals surface area contributed by atoms with Gasteiger partial charge in [-0.2, -0.15) is 0 Å². The van der Waals surface area contributed by atoms with Crippen LogP contribution >= 0.6 is 0 Å². The van der Waals surface area contributed by atoms with Crippen LogP contribution in [0.3, 0.4) is 0 Å². The Morgan fingerprint density at radius 3 is 0.256 bits per heavy atom. The van der Waals surface area contributed by atoms with E-state index in [-0.39, 0.29) is 20.4 Å². The minimum atomic E-state index is -6.00. The van der Waals surface area contributed by atoms with E-state index >= 15 is 0 Å². The quantitative estimate of drug-likeness (QED) is 0.215. The molecule has 0 unspecified atom stereocenters. The Kier molecular flexibility index (Phi) is 69.9. The second kappa shape index (κ2) is 41.5. The van der Waals surface area contributed by atoms with Gasteiger partial charge in [-0.25, -0.2) is 0 Å². The van der Waals surface area contributed by atoms with Crippen LogP contribution in [0.2, 0.25) is 0 Å². The monoisotopic (exact) mass is 796 g/mol. The maximum atomic E-state index is 9.75. The minimum absolute atomic E-state index is 0. The topological polar surface area (TPSA) is 95.2 Å². The van der Waals surface area contributed by atoms with Crippen LogP contribution in [0.15, 0.2) is 0 Å². The van der Waals surface area contributed by atoms with Gasteiger partial charge >= 0.3 is 63.9 Å². The van der Waals surface area contributed by atoms with Crippen molar-refractivity contribution in [1.82, 2.24) is 0 Å². The summed E-state index contributed by atoms with van der Waals surface area (Å²) >= 11 is 0. The molecule has 4 nitrogen and oxygen atoms in total. The third-order valence-corrected chi connectivity index (χ3v) is 0. The van der Waals surface area contributed by atoms with E-state index < -0.39 is 43.5 Å². The van der Waals surface area contributed by atoms with E-state index in [9.17, 15) is 104 Å². The SMILES string of the molecule is CC#[NH+].CC#[NH+].CC#[NH+].CC#[NH+].F[B-](F)(F)F.F[B-](F)(F)F.F[B-](F)(F)F.F[B-](F)(F)F.F[B-](F)(F)F.F[B-](F)(F)F.[Pd+2]. The standard InChI is InChI=1S/4C2H3N.6BF4.Pd/c4*1-2-3;6*2-1(3,4)5;/h4*1H3;;;;;;;/q;;;;6*-1;+2/p+4. The van der Waals surface area contributed by atoms with Crippen LogP contribution in [0.5, 0.6) is 0 Å². The van der Waals surface area contributed by atoms with E-state index in [0.29, 0.717) is 0 Å². The molecule has 0 heterocycles. The molecule has 0 aliphatic heterocycles. The van der Waals surface area contributed by atoms with Gasteiger partial charge in [-0.3, -0.25) is 0 Å². The van der Waals surface area contributed by atoms with E-state index in [4.69, 9.17) is 21.0 Å². The van der Waals surface area contributed by atoms with Gasteiger partial charge in [0.15, 0.2) is 0 Å². The van der Waals surface area contributed by atoms with Gasteiger partial charge in [0.05, 0.1) is 27.7 Å². The van der Waals surface area contributed by atoms with Gasteiger partial charge in [0.1, 0.15) is 0 Å². The molecule has 0 bridgehead atoms. The normalized spacial score (nSPS) is 9.12. The molecule has 0 aliphatic carbocycles. The van der Waals surface area contributed by atoms with Crippen molar-refractivity contribution in [2.45, 2.75) is 27.7 Å². The fraction of sp³-hybridized carbons (Fsp3) is 0.500. The van der Waals surface area contributed by atoms with Gasteiger partial charge in [-0.05, 0) is 0 Å². The van der Waals surface area contributed by atoms with E-state index in [1.165, 1.54) is 0 Å². The van der Waals surface area contributed by atoms with E-state index in [2.05, 4.69) is 0 Å². The fourth-order valence-electron chi connectivity index (χ4n) is 0. The molecule has 0 aliphatic rings. The first-order valence-electron chi connectivity index (χ1n) is 8.24. The molecule has 0 saturated carbocycles. The summed E-state index contributed by atoms with van der Waals surface area (Å²) in [5.41, 5.74) is 0. The predicted molar refractivity (Wildman–Crippen MR) is 103 cm³/mol. The first kappa shape index (κ1) is 72.5. The Hall–Kier alpha value is -2.67. The molecule has 264 valence electrons. The summed E-state index contributed by atoms with van der Waals surface area (Å²) in [7, 11) is -36.0. The summed E-state index contributed by atoms with van der Waals surface area (Å²) < 4.78 is 234. The van der Waals surface area contributed by atoms with Crippen LogP contribution < -0.4 is 21.0 Å². The maximum Gasteiger partial charge on any atom is 2.00 e. The van der Waals surface area contributed by atoms with Crippen molar-refractivity contribution in [2.75, 3.05) is 0 Å². The molecule has 0 amide bonds. The van der Waals surface area contributed by atoms with Crippen LogP contribution in [0.1, 0.15) is 27.7 Å². The molecular formula is C8H16B6F24N4Pd. The van der Waals surface area contributed by atoms with E-state index in [0.717, 1.165) is 0 Å². The minimum Gasteiger partial charge on any atom is -0.418 e. The zero-order valence-corrected chi connectivity index (χ0v) is 22.4. The largest absolute Gasteiger partial charge is 2.00 e. The average Bonchev–Trinajstić information content (AvgIpc) is 2.47. The van der Waals surface area contributed by atoms with E-state index in [1.54, 1.807) is 27.7 Å². The van der Waals surface area contributed by atoms with Gasteiger partial charge in [-0.1, -0.05) is 0 Å². The fourth-order valence-corrected chi connectivity index (χ4v) is 0. The number of rotatable bonds is 0. The predicted octanol–water partition coefficient (Wildman–Crippen LogP) is 2.91. The zero-order valence-electron chi connectivity index (χ0n) is 20.9. The van der Waals surface area contributed by atoms with Crippen LogP contribution in [-0.4, -0.2) is 43.5 Å². The number of nitrogens with one attached hydrogen (secondary N) is 4. The van der Waals surface area contributed by atoms with Crippen molar-refractivity contribution in [3.8, 4) is 24.3 Å². The average molecular weight is 795 g/mol. The van der Waals surface area contributed by atoms with Crippen molar-refractivity contribution in [3.63, 3.8) is 0 Å². The first-order chi connectivity index (χ1) is 17.7. The van der Waals surface area contributed by atoms with Crippen molar-refractivity contribution in [1.29, 1.82) is 0 Å². The maximum absolute atomic E-state index is 9.75. The first-order valence-corrected chi connectivity index (χ1v) is 8.24. The summed E-state index contributed by atoms with van der Waals surface area (Å²) in [6, 6.07) is 8.00. The molecule has 0 aromatic carbocycles. The molecule has 0 rings (SSSR count). The van der Waals surface area contributed by atoms with Crippen LogP contribution in [-0.2, 0) is 20.4 Å². The van der Waals surface area contributed by atoms with Crippen LogP contribution in [0.25, 0.3) is 0 Å². The summed E-state index contributed by atoms with van der Waals surface area (Å²) in [4.78, 5) is 0. The second-order valence-corrected chi connectivity index (χ2v) is 3.97. The number of hydrogen-bond donors (Lipinski definition) is 4. The molecule has 0 radical (unpaired) electrons.